The van der Waals surface area contributed by atoms with Crippen molar-refractivity contribution in [1.82, 2.24) is 4.72 Å². The summed E-state index contributed by atoms with van der Waals surface area (Å²) in [5.41, 5.74) is 0.937. The van der Waals surface area contributed by atoms with Gasteiger partial charge in [-0.25, -0.2) is 13.1 Å². The third-order valence-corrected chi connectivity index (χ3v) is 5.18. The highest BCUT2D eigenvalue weighted by Crippen LogP contribution is 2.16. The molecule has 2 rings (SSSR count). The van der Waals surface area contributed by atoms with E-state index in [1.54, 1.807) is 30.0 Å². The van der Waals surface area contributed by atoms with Crippen molar-refractivity contribution in [3.63, 3.8) is 0 Å². The molecule has 3 nitrogen and oxygen atoms in total. The average Bonchev–Trinajstić information content (AvgIpc) is 2.45. The Labute approximate surface area is 124 Å². The number of thioether (sulfide) groups is 1. The van der Waals surface area contributed by atoms with Gasteiger partial charge in [0.15, 0.2) is 0 Å². The molecule has 0 heterocycles. The second-order valence-corrected chi connectivity index (χ2v) is 7.31. The van der Waals surface area contributed by atoms with E-state index in [1.165, 1.54) is 0 Å². The maximum Gasteiger partial charge on any atom is 0.240 e. The lowest BCUT2D eigenvalue weighted by Crippen LogP contribution is -2.26. The number of hydrogen-bond donors (Lipinski definition) is 1. The molecule has 0 aliphatic carbocycles. The predicted molar refractivity (Wildman–Crippen MR) is 83.5 cm³/mol. The van der Waals surface area contributed by atoms with Crippen molar-refractivity contribution in [2.75, 3.05) is 12.3 Å². The molecule has 20 heavy (non-hydrogen) atoms. The van der Waals surface area contributed by atoms with Crippen molar-refractivity contribution < 1.29 is 8.42 Å². The molecule has 0 saturated carbocycles. The van der Waals surface area contributed by atoms with E-state index in [9.17, 15) is 8.42 Å². The molecule has 0 aliphatic heterocycles. The number of nitrogens with one attached hydrogen (secondary N) is 1. The fourth-order valence-electron chi connectivity index (χ4n) is 1.73. The number of hydrogen-bond acceptors (Lipinski definition) is 3. The number of rotatable bonds is 6. The summed E-state index contributed by atoms with van der Waals surface area (Å²) in [5, 5.41) is 0. The van der Waals surface area contributed by atoms with Gasteiger partial charge in [-0.3, -0.25) is 0 Å². The van der Waals surface area contributed by atoms with E-state index in [-0.39, 0.29) is 0 Å². The van der Waals surface area contributed by atoms with Crippen molar-refractivity contribution in [3.05, 3.63) is 60.2 Å². The lowest BCUT2D eigenvalue weighted by molar-refractivity contribution is 0.584. The van der Waals surface area contributed by atoms with Gasteiger partial charge < -0.3 is 0 Å². The molecule has 0 saturated heterocycles. The van der Waals surface area contributed by atoms with Gasteiger partial charge in [-0.15, -0.1) is 11.8 Å². The van der Waals surface area contributed by atoms with Crippen LogP contribution >= 0.6 is 11.8 Å². The molecular formula is C15H17NO2S2. The third-order valence-electron chi connectivity index (χ3n) is 2.71. The molecule has 0 bridgehead atoms. The zero-order chi connectivity index (χ0) is 14.4. The van der Waals surface area contributed by atoms with Crippen LogP contribution in [0.25, 0.3) is 0 Å². The van der Waals surface area contributed by atoms with Crippen molar-refractivity contribution in [1.29, 1.82) is 0 Å². The molecule has 5 heteroatoms. The first-order valence-corrected chi connectivity index (χ1v) is 8.79. The first kappa shape index (κ1) is 15.1. The summed E-state index contributed by atoms with van der Waals surface area (Å²) in [5.74, 6) is 0.703. The topological polar surface area (TPSA) is 46.2 Å². The van der Waals surface area contributed by atoms with E-state index in [4.69, 9.17) is 0 Å². The van der Waals surface area contributed by atoms with Crippen LogP contribution in [0, 0.1) is 6.92 Å². The zero-order valence-electron chi connectivity index (χ0n) is 11.2. The second kappa shape index (κ2) is 6.92. The SMILES string of the molecule is Cc1cccc(S(=O)(=O)NCCSc2ccccc2)c1. The van der Waals surface area contributed by atoms with Crippen LogP contribution in [0.1, 0.15) is 5.56 Å². The highest BCUT2D eigenvalue weighted by atomic mass is 32.2. The van der Waals surface area contributed by atoms with Gasteiger partial charge in [-0.2, -0.15) is 0 Å². The predicted octanol–water partition coefficient (Wildman–Crippen LogP) is 3.07. The molecule has 2 aromatic rings. The van der Waals surface area contributed by atoms with Gasteiger partial charge in [0.1, 0.15) is 0 Å². The maximum absolute atomic E-state index is 12.1. The van der Waals surface area contributed by atoms with E-state index >= 15 is 0 Å². The summed E-state index contributed by atoms with van der Waals surface area (Å²) < 4.78 is 26.8. The summed E-state index contributed by atoms with van der Waals surface area (Å²) >= 11 is 1.63. The van der Waals surface area contributed by atoms with Gasteiger partial charge in [0.25, 0.3) is 0 Å². The first-order chi connectivity index (χ1) is 9.58. The maximum atomic E-state index is 12.1. The Hall–Kier alpha value is -1.30. The van der Waals surface area contributed by atoms with E-state index in [1.807, 2.05) is 43.3 Å². The van der Waals surface area contributed by atoms with Gasteiger partial charge in [0.05, 0.1) is 4.90 Å². The van der Waals surface area contributed by atoms with Gasteiger partial charge >= 0.3 is 0 Å². The van der Waals surface area contributed by atoms with Crippen LogP contribution in [0.15, 0.2) is 64.4 Å². The van der Waals surface area contributed by atoms with E-state index in [0.29, 0.717) is 17.2 Å². The minimum absolute atomic E-state index is 0.321. The average molecular weight is 307 g/mol. The van der Waals surface area contributed by atoms with Crippen LogP contribution in [0.2, 0.25) is 0 Å². The fraction of sp³-hybridized carbons (Fsp3) is 0.200. The monoisotopic (exact) mass is 307 g/mol. The number of benzene rings is 2. The Kier molecular flexibility index (Phi) is 5.23. The highest BCUT2D eigenvalue weighted by Gasteiger charge is 2.12. The lowest BCUT2D eigenvalue weighted by Gasteiger charge is -2.07. The van der Waals surface area contributed by atoms with Crippen molar-refractivity contribution in [3.8, 4) is 0 Å². The summed E-state index contributed by atoms with van der Waals surface area (Å²) in [6, 6.07) is 16.8. The molecule has 0 fully saturated rings. The number of sulfonamides is 1. The molecule has 106 valence electrons. The zero-order valence-corrected chi connectivity index (χ0v) is 12.9. The van der Waals surface area contributed by atoms with Gasteiger partial charge in [0, 0.05) is 17.2 Å². The van der Waals surface area contributed by atoms with E-state index in [0.717, 1.165) is 10.5 Å². The summed E-state index contributed by atoms with van der Waals surface area (Å²) in [4.78, 5) is 1.46. The van der Waals surface area contributed by atoms with Crippen LogP contribution in [0.5, 0.6) is 0 Å². The highest BCUT2D eigenvalue weighted by molar-refractivity contribution is 7.99. The van der Waals surface area contributed by atoms with Crippen LogP contribution in [0.3, 0.4) is 0 Å². The molecule has 0 atom stereocenters. The normalized spacial score (nSPS) is 11.4. The molecule has 0 aliphatic rings. The summed E-state index contributed by atoms with van der Waals surface area (Å²) in [6.07, 6.45) is 0. The van der Waals surface area contributed by atoms with E-state index < -0.39 is 10.0 Å². The molecule has 0 aromatic heterocycles. The molecule has 0 unspecified atom stereocenters. The molecular weight excluding hydrogens is 290 g/mol. The Morgan fingerprint density at radius 2 is 1.80 bits per heavy atom. The standard InChI is InChI=1S/C15H17NO2S2/c1-13-6-5-9-15(12-13)20(17,18)16-10-11-19-14-7-3-2-4-8-14/h2-9,12,16H,10-11H2,1H3. The van der Waals surface area contributed by atoms with Crippen molar-refractivity contribution in [2.24, 2.45) is 0 Å². The van der Waals surface area contributed by atoms with Crippen LogP contribution in [-0.4, -0.2) is 20.7 Å². The second-order valence-electron chi connectivity index (χ2n) is 4.38. The van der Waals surface area contributed by atoms with E-state index in [2.05, 4.69) is 4.72 Å². The third kappa shape index (κ3) is 4.37. The first-order valence-electron chi connectivity index (χ1n) is 6.32. The molecule has 0 spiro atoms. The van der Waals surface area contributed by atoms with Gasteiger partial charge in [-0.1, -0.05) is 30.3 Å². The summed E-state index contributed by atoms with van der Waals surface area (Å²) in [6.45, 7) is 2.29. The minimum atomic E-state index is -3.40. The smallest absolute Gasteiger partial charge is 0.210 e. The minimum Gasteiger partial charge on any atom is -0.210 e. The van der Waals surface area contributed by atoms with Gasteiger partial charge in [0.2, 0.25) is 10.0 Å². The summed E-state index contributed by atoms with van der Waals surface area (Å²) in [7, 11) is -3.40. The Morgan fingerprint density at radius 1 is 1.05 bits per heavy atom. The van der Waals surface area contributed by atoms with Crippen LogP contribution in [0.4, 0.5) is 0 Å². The largest absolute Gasteiger partial charge is 0.240 e. The molecule has 2 aromatic carbocycles. The van der Waals surface area contributed by atoms with Crippen LogP contribution < -0.4 is 4.72 Å². The molecule has 0 amide bonds. The van der Waals surface area contributed by atoms with Crippen molar-refractivity contribution in [2.45, 2.75) is 16.7 Å². The van der Waals surface area contributed by atoms with Crippen molar-refractivity contribution >= 4 is 21.8 Å². The Morgan fingerprint density at radius 3 is 2.50 bits per heavy atom. The lowest BCUT2D eigenvalue weighted by atomic mass is 10.2. The molecule has 0 radical (unpaired) electrons. The van der Waals surface area contributed by atoms with Crippen LogP contribution in [-0.2, 0) is 10.0 Å². The Bertz CT molecular complexity index is 655. The quantitative estimate of drug-likeness (QED) is 0.659. The number of aryl methyl sites for hydroxylation is 1. The molecule has 1 N–H and O–H groups in total. The van der Waals surface area contributed by atoms with Gasteiger partial charge in [-0.05, 0) is 36.8 Å². The fourth-order valence-corrected chi connectivity index (χ4v) is 3.78. The Balaban J connectivity index is 1.87.